The van der Waals surface area contributed by atoms with E-state index in [0.29, 0.717) is 23.0 Å². The van der Waals surface area contributed by atoms with Crippen LogP contribution < -0.4 is 20.7 Å². The number of nitrogens with zero attached hydrogens (tertiary/aromatic N) is 3. The van der Waals surface area contributed by atoms with Crippen LogP contribution in [-0.2, 0) is 4.74 Å². The number of carbonyl (C=O) groups is 1. The summed E-state index contributed by atoms with van der Waals surface area (Å²) in [6, 6.07) is 5.59. The Morgan fingerprint density at radius 1 is 1.15 bits per heavy atom. The van der Waals surface area contributed by atoms with E-state index in [9.17, 15) is 18.0 Å². The molecule has 2 fully saturated rings. The van der Waals surface area contributed by atoms with E-state index in [1.165, 1.54) is 14.0 Å². The van der Waals surface area contributed by atoms with Crippen molar-refractivity contribution >= 4 is 23.1 Å². The number of amidine groups is 1. The third-order valence-corrected chi connectivity index (χ3v) is 8.49. The second kappa shape index (κ2) is 17.5. The van der Waals surface area contributed by atoms with Crippen LogP contribution in [0.25, 0.3) is 0 Å². The monoisotopic (exact) mass is 648 g/mol. The molecule has 3 atom stereocenters. The van der Waals surface area contributed by atoms with Gasteiger partial charge in [-0.1, -0.05) is 19.1 Å². The molecule has 12 heteroatoms. The molecule has 1 aliphatic heterocycles. The van der Waals surface area contributed by atoms with Gasteiger partial charge in [-0.15, -0.1) is 0 Å². The summed E-state index contributed by atoms with van der Waals surface area (Å²) >= 11 is 0. The molecule has 1 saturated carbocycles. The molecule has 9 nitrogen and oxygen atoms in total. The number of hydrogen-bond acceptors (Lipinski definition) is 7. The summed E-state index contributed by atoms with van der Waals surface area (Å²) in [5.74, 6) is -0.205. The van der Waals surface area contributed by atoms with E-state index in [4.69, 9.17) is 9.47 Å². The molecular weight excluding hydrogens is 597 g/mol. The smallest absolute Gasteiger partial charge is 0.419 e. The standard InChI is InChI=1S/C34H51F3N6O3/c1-8-10-29(38-6)22(3)18-39-32(28(9-2)34(35,36)37)41-21-40-30-16-11-25(17-31(30)45-7)33(44)42-26-12-14-27(15-13-26)43-19-23(4)46-24(5)20-43/h8-11,16-17,22-24,26-27,40H,12-15,18-21H2,1-7H3,(H,39,41)(H,42,44)/b10-8-,28-9+,38-29?. The van der Waals surface area contributed by atoms with Gasteiger partial charge in [0.1, 0.15) is 18.3 Å². The number of nitrogens with one attached hydrogen (secondary N) is 3. The number of amides is 1. The first-order valence-electron chi connectivity index (χ1n) is 16.1. The molecule has 0 spiro atoms. The van der Waals surface area contributed by atoms with Crippen LogP contribution in [0, 0.1) is 5.92 Å². The Balaban J connectivity index is 1.62. The van der Waals surface area contributed by atoms with E-state index in [-0.39, 0.29) is 49.1 Å². The van der Waals surface area contributed by atoms with Gasteiger partial charge in [0.05, 0.1) is 30.6 Å². The number of alkyl halides is 3. The van der Waals surface area contributed by atoms with Crippen molar-refractivity contribution in [2.24, 2.45) is 15.9 Å². The Morgan fingerprint density at radius 2 is 1.83 bits per heavy atom. The highest BCUT2D eigenvalue weighted by Crippen LogP contribution is 2.29. The number of anilines is 1. The summed E-state index contributed by atoms with van der Waals surface area (Å²) in [6.07, 6.45) is 4.43. The lowest BCUT2D eigenvalue weighted by atomic mass is 9.89. The summed E-state index contributed by atoms with van der Waals surface area (Å²) in [6.45, 7) is 11.3. The lowest BCUT2D eigenvalue weighted by molar-refractivity contribution is -0.0865. The number of halogens is 3. The summed E-state index contributed by atoms with van der Waals surface area (Å²) in [5.41, 5.74) is 0.862. The largest absolute Gasteiger partial charge is 0.495 e. The Morgan fingerprint density at radius 3 is 2.39 bits per heavy atom. The van der Waals surface area contributed by atoms with Crippen molar-refractivity contribution in [3.05, 3.63) is 47.6 Å². The molecule has 1 heterocycles. The van der Waals surface area contributed by atoms with Gasteiger partial charge in [-0.3, -0.25) is 14.7 Å². The average Bonchev–Trinajstić information content (AvgIpc) is 3.01. The zero-order valence-corrected chi connectivity index (χ0v) is 28.2. The maximum absolute atomic E-state index is 13.8. The minimum absolute atomic E-state index is 0.0959. The van der Waals surface area contributed by atoms with E-state index in [1.54, 1.807) is 25.2 Å². The molecule has 0 radical (unpaired) electrons. The van der Waals surface area contributed by atoms with Gasteiger partial charge in [0.25, 0.3) is 5.91 Å². The number of benzene rings is 1. The number of aliphatic imine (C=N–C) groups is 2. The van der Waals surface area contributed by atoms with Crippen LogP contribution in [0.15, 0.2) is 52.0 Å². The molecule has 2 aliphatic rings. The lowest BCUT2D eigenvalue weighted by Gasteiger charge is -2.42. The van der Waals surface area contributed by atoms with Gasteiger partial charge >= 0.3 is 6.18 Å². The van der Waals surface area contributed by atoms with Gasteiger partial charge < -0.3 is 25.4 Å². The quantitative estimate of drug-likeness (QED) is 0.190. The van der Waals surface area contributed by atoms with E-state index in [0.717, 1.165) is 50.6 Å². The molecule has 0 aromatic heterocycles. The summed E-state index contributed by atoms with van der Waals surface area (Å²) in [5, 5.41) is 9.06. The van der Waals surface area contributed by atoms with Crippen molar-refractivity contribution in [3.8, 4) is 5.75 Å². The predicted molar refractivity (Wildman–Crippen MR) is 179 cm³/mol. The highest BCUT2D eigenvalue weighted by atomic mass is 19.4. The van der Waals surface area contributed by atoms with E-state index in [1.807, 2.05) is 26.0 Å². The van der Waals surface area contributed by atoms with Crippen LogP contribution in [0.2, 0.25) is 0 Å². The Labute approximate surface area is 271 Å². The first-order chi connectivity index (χ1) is 21.9. The fourth-order valence-corrected chi connectivity index (χ4v) is 6.21. The van der Waals surface area contributed by atoms with Crippen molar-refractivity contribution < 1.29 is 27.4 Å². The summed E-state index contributed by atoms with van der Waals surface area (Å²) < 4.78 is 52.9. The van der Waals surface area contributed by atoms with Crippen molar-refractivity contribution in [1.82, 2.24) is 15.5 Å². The van der Waals surface area contributed by atoms with Crippen molar-refractivity contribution in [2.75, 3.05) is 45.8 Å². The number of rotatable bonds is 12. The first kappa shape index (κ1) is 37.1. The van der Waals surface area contributed by atoms with Crippen LogP contribution in [-0.4, -0.2) is 93.3 Å². The van der Waals surface area contributed by atoms with Crippen molar-refractivity contribution in [1.29, 1.82) is 0 Å². The number of morpholine rings is 1. The van der Waals surface area contributed by atoms with Crippen LogP contribution in [0.5, 0.6) is 5.75 Å². The fraction of sp³-hybridized carbons (Fsp3) is 0.618. The normalized spacial score (nSPS) is 24.5. The first-order valence-corrected chi connectivity index (χ1v) is 16.1. The van der Waals surface area contributed by atoms with Crippen LogP contribution >= 0.6 is 0 Å². The summed E-state index contributed by atoms with van der Waals surface area (Å²) in [7, 11) is 3.13. The van der Waals surface area contributed by atoms with Crippen LogP contribution in [0.4, 0.5) is 18.9 Å². The number of allylic oxidation sites excluding steroid dienone is 3. The van der Waals surface area contributed by atoms with Gasteiger partial charge in [-0.25, -0.2) is 4.99 Å². The Hall–Kier alpha value is -3.38. The maximum atomic E-state index is 13.8. The molecule has 3 unspecified atom stereocenters. The molecule has 0 bridgehead atoms. The number of hydrogen-bond donors (Lipinski definition) is 3. The predicted octanol–water partition coefficient (Wildman–Crippen LogP) is 5.99. The molecule has 1 amide bonds. The highest BCUT2D eigenvalue weighted by Gasteiger charge is 2.36. The highest BCUT2D eigenvalue weighted by molar-refractivity contribution is 6.01. The van der Waals surface area contributed by atoms with Crippen molar-refractivity contribution in [3.63, 3.8) is 0 Å². The molecule has 1 saturated heterocycles. The van der Waals surface area contributed by atoms with Gasteiger partial charge in [-0.2, -0.15) is 13.2 Å². The fourth-order valence-electron chi connectivity index (χ4n) is 6.21. The second-order valence-corrected chi connectivity index (χ2v) is 12.1. The second-order valence-electron chi connectivity index (χ2n) is 12.1. The molecule has 3 N–H and O–H groups in total. The molecule has 46 heavy (non-hydrogen) atoms. The maximum Gasteiger partial charge on any atom is 0.419 e. The topological polar surface area (TPSA) is 99.6 Å². The molecule has 3 rings (SSSR count). The van der Waals surface area contributed by atoms with E-state index < -0.39 is 11.7 Å². The number of ether oxygens (including phenoxy) is 2. The Kier molecular flexibility index (Phi) is 14.1. The van der Waals surface area contributed by atoms with E-state index >= 15 is 0 Å². The minimum Gasteiger partial charge on any atom is -0.495 e. The van der Waals surface area contributed by atoms with E-state index in [2.05, 4.69) is 44.7 Å². The van der Waals surface area contributed by atoms with Crippen molar-refractivity contribution in [2.45, 2.75) is 90.8 Å². The number of methoxy groups -OCH3 is 1. The van der Waals surface area contributed by atoms with Gasteiger partial charge in [0.15, 0.2) is 0 Å². The molecule has 1 aliphatic carbocycles. The Bertz CT molecular complexity index is 1260. The lowest BCUT2D eigenvalue weighted by Crippen LogP contribution is -2.52. The van der Waals surface area contributed by atoms with Gasteiger partial charge in [0.2, 0.25) is 0 Å². The molecule has 1 aromatic carbocycles. The van der Waals surface area contributed by atoms with Crippen LogP contribution in [0.1, 0.15) is 70.7 Å². The van der Waals surface area contributed by atoms with Crippen LogP contribution in [0.3, 0.4) is 0 Å². The molecule has 1 aromatic rings. The zero-order valence-electron chi connectivity index (χ0n) is 28.2. The SMILES string of the molecule is C/C=C\C(=NC)C(C)CNC(=NCNc1ccc(C(=O)NC2CCC(N3CC(C)OC(C)C3)CC2)cc1OC)/C(=C\C)C(F)(F)F. The minimum atomic E-state index is -4.58. The molecular formula is C34H51F3N6O3. The third-order valence-electron chi connectivity index (χ3n) is 8.49. The van der Waals surface area contributed by atoms with Gasteiger partial charge in [0, 0.05) is 56.0 Å². The number of carbonyl (C=O) groups excluding carboxylic acids is 1. The zero-order chi connectivity index (χ0) is 33.9. The molecule has 256 valence electrons. The summed E-state index contributed by atoms with van der Waals surface area (Å²) in [4.78, 5) is 24.1. The average molecular weight is 649 g/mol. The third kappa shape index (κ3) is 10.6. The van der Waals surface area contributed by atoms with Gasteiger partial charge in [-0.05, 0) is 77.7 Å².